The molecule has 1 aliphatic rings. The third kappa shape index (κ3) is 2.08. The summed E-state index contributed by atoms with van der Waals surface area (Å²) in [6.07, 6.45) is 1.03. The molecule has 0 saturated carbocycles. The van der Waals surface area contributed by atoms with Gasteiger partial charge in [-0.15, -0.1) is 10.2 Å². The van der Waals surface area contributed by atoms with Gasteiger partial charge in [0.1, 0.15) is 0 Å². The third-order valence-corrected chi connectivity index (χ3v) is 2.43. The molecule has 2 atom stereocenters. The Morgan fingerprint density at radius 2 is 2.50 bits per heavy atom. The van der Waals surface area contributed by atoms with Crippen LogP contribution in [0.3, 0.4) is 0 Å². The molecule has 78 valence electrons. The van der Waals surface area contributed by atoms with Gasteiger partial charge in [-0.1, -0.05) is 0 Å². The molecule has 0 radical (unpaired) electrons. The van der Waals surface area contributed by atoms with E-state index in [1.807, 2.05) is 0 Å². The fraction of sp³-hybridized carbons (Fsp3) is 0.875. The molecule has 1 aliphatic heterocycles. The molecule has 1 aromatic heterocycles. The van der Waals surface area contributed by atoms with Crippen molar-refractivity contribution in [2.24, 2.45) is 13.0 Å². The van der Waals surface area contributed by atoms with Crippen molar-refractivity contribution in [2.75, 3.05) is 13.2 Å². The predicted molar refractivity (Wildman–Crippen MR) is 47.4 cm³/mol. The normalized spacial score (nSPS) is 27.9. The Hall–Kier alpha value is -1.01. The van der Waals surface area contributed by atoms with Gasteiger partial charge in [-0.05, 0) is 11.6 Å². The number of aromatic nitrogens is 4. The van der Waals surface area contributed by atoms with E-state index >= 15 is 0 Å². The van der Waals surface area contributed by atoms with Crippen LogP contribution in [-0.2, 0) is 18.2 Å². The first kappa shape index (κ1) is 9.54. The van der Waals surface area contributed by atoms with Gasteiger partial charge >= 0.3 is 0 Å². The standard InChI is InChI=1S/C8H14N4O2/c1-12-10-8(9-11-12)4-6-5-14-3-2-7(6)13/h6-7,13H,2-5H2,1H3. The highest BCUT2D eigenvalue weighted by Crippen LogP contribution is 2.17. The third-order valence-electron chi connectivity index (χ3n) is 2.43. The summed E-state index contributed by atoms with van der Waals surface area (Å²) in [5.41, 5.74) is 0. The Morgan fingerprint density at radius 1 is 1.64 bits per heavy atom. The Kier molecular flexibility index (Phi) is 2.74. The summed E-state index contributed by atoms with van der Waals surface area (Å²) in [6, 6.07) is 0. The Labute approximate surface area is 81.9 Å². The summed E-state index contributed by atoms with van der Waals surface area (Å²) >= 11 is 0. The second-order valence-corrected chi connectivity index (χ2v) is 3.59. The molecule has 0 bridgehead atoms. The minimum Gasteiger partial charge on any atom is -0.393 e. The van der Waals surface area contributed by atoms with Gasteiger partial charge in [0.2, 0.25) is 0 Å². The van der Waals surface area contributed by atoms with Crippen LogP contribution in [0.2, 0.25) is 0 Å². The summed E-state index contributed by atoms with van der Waals surface area (Å²) < 4.78 is 5.29. The van der Waals surface area contributed by atoms with E-state index in [1.54, 1.807) is 7.05 Å². The van der Waals surface area contributed by atoms with Gasteiger partial charge in [0.05, 0.1) is 19.8 Å². The zero-order valence-electron chi connectivity index (χ0n) is 8.13. The lowest BCUT2D eigenvalue weighted by Crippen LogP contribution is -2.33. The van der Waals surface area contributed by atoms with E-state index in [-0.39, 0.29) is 12.0 Å². The molecule has 14 heavy (non-hydrogen) atoms. The van der Waals surface area contributed by atoms with Gasteiger partial charge in [-0.2, -0.15) is 4.80 Å². The number of aliphatic hydroxyl groups excluding tert-OH is 1. The highest BCUT2D eigenvalue weighted by molar-refractivity contribution is 4.85. The smallest absolute Gasteiger partial charge is 0.175 e. The number of nitrogens with zero attached hydrogens (tertiary/aromatic N) is 4. The van der Waals surface area contributed by atoms with Crippen LogP contribution in [0.4, 0.5) is 0 Å². The number of aryl methyl sites for hydroxylation is 1. The van der Waals surface area contributed by atoms with E-state index in [0.717, 1.165) is 0 Å². The van der Waals surface area contributed by atoms with E-state index in [9.17, 15) is 5.11 Å². The number of hydrogen-bond acceptors (Lipinski definition) is 5. The zero-order valence-corrected chi connectivity index (χ0v) is 8.13. The fourth-order valence-electron chi connectivity index (χ4n) is 1.62. The molecule has 0 amide bonds. The number of tetrazole rings is 1. The maximum atomic E-state index is 9.67. The minimum atomic E-state index is -0.299. The first-order valence-corrected chi connectivity index (χ1v) is 4.74. The van der Waals surface area contributed by atoms with Crippen LogP contribution in [0.1, 0.15) is 12.2 Å². The SMILES string of the molecule is Cn1nnc(CC2COCCC2O)n1. The van der Waals surface area contributed by atoms with E-state index in [1.165, 1.54) is 4.80 Å². The Bertz CT molecular complexity index is 301. The molecule has 1 aromatic rings. The number of ether oxygens (including phenoxy) is 1. The lowest BCUT2D eigenvalue weighted by atomic mass is 9.95. The van der Waals surface area contributed by atoms with E-state index in [0.29, 0.717) is 31.9 Å². The van der Waals surface area contributed by atoms with E-state index in [2.05, 4.69) is 15.4 Å². The van der Waals surface area contributed by atoms with Crippen molar-refractivity contribution in [1.82, 2.24) is 20.2 Å². The molecule has 2 heterocycles. The second kappa shape index (κ2) is 4.02. The van der Waals surface area contributed by atoms with Crippen molar-refractivity contribution in [1.29, 1.82) is 0 Å². The van der Waals surface area contributed by atoms with Crippen LogP contribution < -0.4 is 0 Å². The second-order valence-electron chi connectivity index (χ2n) is 3.59. The Morgan fingerprint density at radius 3 is 3.14 bits per heavy atom. The highest BCUT2D eigenvalue weighted by atomic mass is 16.5. The maximum absolute atomic E-state index is 9.67. The molecule has 2 unspecified atom stereocenters. The molecule has 1 saturated heterocycles. The van der Waals surface area contributed by atoms with E-state index in [4.69, 9.17) is 4.74 Å². The summed E-state index contributed by atoms with van der Waals surface area (Å²) in [6.45, 7) is 1.23. The lowest BCUT2D eigenvalue weighted by Gasteiger charge is -2.26. The fourth-order valence-corrected chi connectivity index (χ4v) is 1.62. The van der Waals surface area contributed by atoms with E-state index < -0.39 is 0 Å². The van der Waals surface area contributed by atoms with Gasteiger partial charge < -0.3 is 9.84 Å². The largest absolute Gasteiger partial charge is 0.393 e. The Balaban J connectivity index is 1.95. The molecular weight excluding hydrogens is 184 g/mol. The van der Waals surface area contributed by atoms with Crippen molar-refractivity contribution < 1.29 is 9.84 Å². The first-order chi connectivity index (χ1) is 6.75. The first-order valence-electron chi connectivity index (χ1n) is 4.74. The summed E-state index contributed by atoms with van der Waals surface area (Å²) in [4.78, 5) is 1.42. The summed E-state index contributed by atoms with van der Waals surface area (Å²) in [5.74, 6) is 0.773. The van der Waals surface area contributed by atoms with Crippen molar-refractivity contribution in [3.05, 3.63) is 5.82 Å². The molecule has 6 heteroatoms. The van der Waals surface area contributed by atoms with Crippen LogP contribution in [0, 0.1) is 5.92 Å². The van der Waals surface area contributed by atoms with Crippen molar-refractivity contribution in [2.45, 2.75) is 18.9 Å². The van der Waals surface area contributed by atoms with Crippen LogP contribution in [-0.4, -0.2) is 44.6 Å². The van der Waals surface area contributed by atoms with Crippen LogP contribution in [0.15, 0.2) is 0 Å². The highest BCUT2D eigenvalue weighted by Gasteiger charge is 2.25. The molecule has 2 rings (SSSR count). The average Bonchev–Trinajstić information content (AvgIpc) is 2.56. The van der Waals surface area contributed by atoms with Crippen molar-refractivity contribution in [3.8, 4) is 0 Å². The number of hydrogen-bond donors (Lipinski definition) is 1. The molecule has 0 aliphatic carbocycles. The van der Waals surface area contributed by atoms with Crippen molar-refractivity contribution >= 4 is 0 Å². The summed E-state index contributed by atoms with van der Waals surface area (Å²) in [7, 11) is 1.73. The quantitative estimate of drug-likeness (QED) is 0.670. The topological polar surface area (TPSA) is 73.1 Å². The van der Waals surface area contributed by atoms with Gasteiger partial charge in [0.15, 0.2) is 5.82 Å². The van der Waals surface area contributed by atoms with Crippen molar-refractivity contribution in [3.63, 3.8) is 0 Å². The number of rotatable bonds is 2. The number of aliphatic hydroxyl groups is 1. The summed E-state index contributed by atoms with van der Waals surface area (Å²) in [5, 5.41) is 21.4. The van der Waals surface area contributed by atoms with Crippen LogP contribution >= 0.6 is 0 Å². The van der Waals surface area contributed by atoms with Gasteiger partial charge in [-0.25, -0.2) is 0 Å². The van der Waals surface area contributed by atoms with Gasteiger partial charge in [0.25, 0.3) is 0 Å². The predicted octanol–water partition coefficient (Wildman–Crippen LogP) is -0.850. The minimum absolute atomic E-state index is 0.105. The molecule has 0 spiro atoms. The molecule has 6 nitrogen and oxygen atoms in total. The van der Waals surface area contributed by atoms with Crippen LogP contribution in [0.25, 0.3) is 0 Å². The lowest BCUT2D eigenvalue weighted by molar-refractivity contribution is -0.0357. The van der Waals surface area contributed by atoms with Gasteiger partial charge in [0, 0.05) is 18.9 Å². The van der Waals surface area contributed by atoms with Crippen LogP contribution in [0.5, 0.6) is 0 Å². The van der Waals surface area contributed by atoms with Gasteiger partial charge in [-0.3, -0.25) is 0 Å². The molecule has 1 fully saturated rings. The maximum Gasteiger partial charge on any atom is 0.175 e. The molecular formula is C8H14N4O2. The average molecular weight is 198 g/mol. The molecule has 1 N–H and O–H groups in total. The molecule has 0 aromatic carbocycles. The zero-order chi connectivity index (χ0) is 9.97. The monoisotopic (exact) mass is 198 g/mol.